The molecule has 0 saturated carbocycles. The third kappa shape index (κ3) is 3.38. The molecule has 1 amide bonds. The van der Waals surface area contributed by atoms with E-state index < -0.39 is 6.10 Å². The Bertz CT molecular complexity index is 248. The molecule has 1 atom stereocenters. The van der Waals surface area contributed by atoms with Gasteiger partial charge in [0.15, 0.2) is 6.10 Å². The molecule has 2 fully saturated rings. The van der Waals surface area contributed by atoms with Crippen molar-refractivity contribution in [2.75, 3.05) is 59.2 Å². The van der Waals surface area contributed by atoms with Gasteiger partial charge in [0, 0.05) is 32.7 Å². The summed E-state index contributed by atoms with van der Waals surface area (Å²) in [4.78, 5) is 16.1. The zero-order valence-corrected chi connectivity index (χ0v) is 10.0. The summed E-state index contributed by atoms with van der Waals surface area (Å²) in [5.74, 6) is 0.0355. The van der Waals surface area contributed by atoms with Crippen molar-refractivity contribution in [3.8, 4) is 0 Å². The molecular formula is C11H20N2O4. The van der Waals surface area contributed by atoms with Gasteiger partial charge in [-0.15, -0.1) is 0 Å². The van der Waals surface area contributed by atoms with E-state index in [0.717, 1.165) is 13.1 Å². The molecule has 0 aromatic heterocycles. The second-order valence-corrected chi connectivity index (χ2v) is 4.32. The van der Waals surface area contributed by atoms with Crippen molar-refractivity contribution in [2.45, 2.75) is 6.10 Å². The standard InChI is InChI=1S/C11H20N2O4/c14-6-5-12-1-3-13(4-2-12)11(15)10-9-16-7-8-17-10/h10,14H,1-9H2. The highest BCUT2D eigenvalue weighted by molar-refractivity contribution is 5.81. The number of rotatable bonds is 3. The van der Waals surface area contributed by atoms with Gasteiger partial charge in [-0.05, 0) is 0 Å². The molecule has 0 radical (unpaired) electrons. The van der Waals surface area contributed by atoms with Crippen LogP contribution in [0.25, 0.3) is 0 Å². The molecule has 2 aliphatic rings. The minimum atomic E-state index is -0.423. The molecule has 0 bridgehead atoms. The maximum absolute atomic E-state index is 12.1. The minimum absolute atomic E-state index is 0.0355. The van der Waals surface area contributed by atoms with E-state index in [9.17, 15) is 4.79 Å². The number of piperazine rings is 1. The zero-order valence-electron chi connectivity index (χ0n) is 10.0. The van der Waals surface area contributed by atoms with Crippen LogP contribution in [0.5, 0.6) is 0 Å². The van der Waals surface area contributed by atoms with Crippen LogP contribution in [0.1, 0.15) is 0 Å². The monoisotopic (exact) mass is 244 g/mol. The Morgan fingerprint density at radius 1 is 1.24 bits per heavy atom. The normalized spacial score (nSPS) is 27.1. The molecule has 2 aliphatic heterocycles. The van der Waals surface area contributed by atoms with Crippen molar-refractivity contribution in [1.82, 2.24) is 9.80 Å². The Balaban J connectivity index is 1.77. The fourth-order valence-electron chi connectivity index (χ4n) is 2.17. The van der Waals surface area contributed by atoms with E-state index in [-0.39, 0.29) is 12.5 Å². The predicted molar refractivity (Wildman–Crippen MR) is 60.7 cm³/mol. The molecule has 0 aromatic carbocycles. The van der Waals surface area contributed by atoms with E-state index in [1.165, 1.54) is 0 Å². The van der Waals surface area contributed by atoms with Crippen LogP contribution in [0.3, 0.4) is 0 Å². The molecule has 0 aliphatic carbocycles. The summed E-state index contributed by atoms with van der Waals surface area (Å²) in [5.41, 5.74) is 0. The van der Waals surface area contributed by atoms with Crippen LogP contribution in [-0.2, 0) is 14.3 Å². The van der Waals surface area contributed by atoms with Crippen molar-refractivity contribution in [2.24, 2.45) is 0 Å². The number of hydrogen-bond donors (Lipinski definition) is 1. The molecule has 2 saturated heterocycles. The van der Waals surface area contributed by atoms with Crippen molar-refractivity contribution in [3.63, 3.8) is 0 Å². The lowest BCUT2D eigenvalue weighted by Crippen LogP contribution is -2.53. The average Bonchev–Trinajstić information content (AvgIpc) is 2.40. The van der Waals surface area contributed by atoms with Crippen LogP contribution in [0, 0.1) is 0 Å². The summed E-state index contributed by atoms with van der Waals surface area (Å²) in [6.45, 7) is 5.36. The van der Waals surface area contributed by atoms with E-state index in [2.05, 4.69) is 4.90 Å². The fourth-order valence-corrected chi connectivity index (χ4v) is 2.17. The zero-order chi connectivity index (χ0) is 12.1. The number of carbonyl (C=O) groups is 1. The SMILES string of the molecule is O=C(C1COCCO1)N1CCN(CCO)CC1. The van der Waals surface area contributed by atoms with Crippen molar-refractivity contribution in [1.29, 1.82) is 0 Å². The van der Waals surface area contributed by atoms with Gasteiger partial charge in [0.2, 0.25) is 0 Å². The van der Waals surface area contributed by atoms with Crippen LogP contribution in [0.15, 0.2) is 0 Å². The minimum Gasteiger partial charge on any atom is -0.395 e. The summed E-state index contributed by atoms with van der Waals surface area (Å²) < 4.78 is 10.6. The van der Waals surface area contributed by atoms with Crippen LogP contribution in [-0.4, -0.2) is 86.1 Å². The van der Waals surface area contributed by atoms with Gasteiger partial charge in [0.05, 0.1) is 26.4 Å². The third-order valence-electron chi connectivity index (χ3n) is 3.19. The summed E-state index contributed by atoms with van der Waals surface area (Å²) in [7, 11) is 0. The smallest absolute Gasteiger partial charge is 0.254 e. The summed E-state index contributed by atoms with van der Waals surface area (Å²) in [6, 6.07) is 0. The summed E-state index contributed by atoms with van der Waals surface area (Å²) in [5, 5.41) is 8.84. The van der Waals surface area contributed by atoms with Gasteiger partial charge in [-0.2, -0.15) is 0 Å². The average molecular weight is 244 g/mol. The van der Waals surface area contributed by atoms with E-state index in [1.807, 2.05) is 4.90 Å². The van der Waals surface area contributed by atoms with Crippen molar-refractivity contribution in [3.05, 3.63) is 0 Å². The first-order valence-corrected chi connectivity index (χ1v) is 6.12. The number of ether oxygens (including phenoxy) is 2. The lowest BCUT2D eigenvalue weighted by Gasteiger charge is -2.36. The highest BCUT2D eigenvalue weighted by atomic mass is 16.6. The van der Waals surface area contributed by atoms with Crippen LogP contribution in [0.2, 0.25) is 0 Å². The van der Waals surface area contributed by atoms with Gasteiger partial charge in [0.25, 0.3) is 5.91 Å². The topological polar surface area (TPSA) is 62.2 Å². The first-order valence-electron chi connectivity index (χ1n) is 6.12. The molecule has 98 valence electrons. The third-order valence-corrected chi connectivity index (χ3v) is 3.19. The lowest BCUT2D eigenvalue weighted by molar-refractivity contribution is -0.159. The fraction of sp³-hybridized carbons (Fsp3) is 0.909. The number of β-amino-alcohol motifs (C(OH)–C–C–N with tert-alkyl or cyclic N) is 1. The molecule has 1 N–H and O–H groups in total. The Labute approximate surface area is 101 Å². The number of amides is 1. The molecule has 6 heteroatoms. The maximum Gasteiger partial charge on any atom is 0.254 e. The quantitative estimate of drug-likeness (QED) is 0.657. The van der Waals surface area contributed by atoms with E-state index >= 15 is 0 Å². The van der Waals surface area contributed by atoms with Gasteiger partial charge in [0.1, 0.15) is 0 Å². The van der Waals surface area contributed by atoms with Gasteiger partial charge in [-0.25, -0.2) is 0 Å². The number of hydrogen-bond acceptors (Lipinski definition) is 5. The van der Waals surface area contributed by atoms with E-state index in [4.69, 9.17) is 14.6 Å². The molecule has 6 nitrogen and oxygen atoms in total. The molecular weight excluding hydrogens is 224 g/mol. The van der Waals surface area contributed by atoms with Crippen molar-refractivity contribution < 1.29 is 19.4 Å². The lowest BCUT2D eigenvalue weighted by atomic mass is 10.2. The van der Waals surface area contributed by atoms with Crippen molar-refractivity contribution >= 4 is 5.91 Å². The summed E-state index contributed by atoms with van der Waals surface area (Å²) >= 11 is 0. The Morgan fingerprint density at radius 2 is 2.00 bits per heavy atom. The Morgan fingerprint density at radius 3 is 2.59 bits per heavy atom. The predicted octanol–water partition coefficient (Wildman–Crippen LogP) is -1.46. The molecule has 1 unspecified atom stereocenters. The summed E-state index contributed by atoms with van der Waals surface area (Å²) in [6.07, 6.45) is -0.423. The molecule has 0 spiro atoms. The molecule has 17 heavy (non-hydrogen) atoms. The number of nitrogens with zero attached hydrogens (tertiary/aromatic N) is 2. The van der Waals surface area contributed by atoms with Gasteiger partial charge in [-0.3, -0.25) is 9.69 Å². The van der Waals surface area contributed by atoms with E-state index in [1.54, 1.807) is 0 Å². The number of aliphatic hydroxyl groups excluding tert-OH is 1. The molecule has 2 rings (SSSR count). The number of carbonyl (C=O) groups excluding carboxylic acids is 1. The Kier molecular flexibility index (Phi) is 4.73. The number of aliphatic hydroxyl groups is 1. The van der Waals surface area contributed by atoms with Gasteiger partial charge < -0.3 is 19.5 Å². The Hall–Kier alpha value is -0.690. The highest BCUT2D eigenvalue weighted by Crippen LogP contribution is 2.08. The second kappa shape index (κ2) is 6.30. The van der Waals surface area contributed by atoms with Crippen LogP contribution in [0.4, 0.5) is 0 Å². The maximum atomic E-state index is 12.1. The van der Waals surface area contributed by atoms with Gasteiger partial charge in [-0.1, -0.05) is 0 Å². The van der Waals surface area contributed by atoms with E-state index in [0.29, 0.717) is 39.5 Å². The first kappa shape index (κ1) is 12.8. The molecule has 2 heterocycles. The van der Waals surface area contributed by atoms with Gasteiger partial charge >= 0.3 is 0 Å². The second-order valence-electron chi connectivity index (χ2n) is 4.32. The largest absolute Gasteiger partial charge is 0.395 e. The van der Waals surface area contributed by atoms with Crippen LogP contribution < -0.4 is 0 Å². The highest BCUT2D eigenvalue weighted by Gasteiger charge is 2.29. The molecule has 0 aromatic rings. The van der Waals surface area contributed by atoms with Crippen LogP contribution >= 0.6 is 0 Å². The first-order chi connectivity index (χ1) is 8.31.